The molecule has 4 rings (SSSR count). The molecule has 0 aromatic heterocycles. The van der Waals surface area contributed by atoms with E-state index in [1.807, 2.05) is 19.1 Å². The maximum Gasteiger partial charge on any atom is 0.272 e. The Kier molecular flexibility index (Phi) is 5.63. The Morgan fingerprint density at radius 3 is 2.16 bits per heavy atom. The SMILES string of the molecule is Cc1ccccc1N1C(=O)C(Sc2ccc(Cl)cc2)=C(c2ccc([N+](=O)[O-])cc2)C1=O. The van der Waals surface area contributed by atoms with Gasteiger partial charge >= 0.3 is 0 Å². The molecule has 3 aromatic carbocycles. The van der Waals surface area contributed by atoms with Crippen LogP contribution in [0.1, 0.15) is 11.1 Å². The van der Waals surface area contributed by atoms with Gasteiger partial charge in [-0.05, 0) is 60.5 Å². The number of aryl methyl sites for hydroxylation is 1. The number of imide groups is 1. The first kappa shape index (κ1) is 20.8. The fraction of sp³-hybridized carbons (Fsp3) is 0.0435. The van der Waals surface area contributed by atoms with Crippen molar-refractivity contribution in [2.75, 3.05) is 4.90 Å². The molecule has 0 saturated carbocycles. The van der Waals surface area contributed by atoms with Crippen LogP contribution in [0.5, 0.6) is 0 Å². The number of anilines is 1. The van der Waals surface area contributed by atoms with Crippen LogP contribution >= 0.6 is 23.4 Å². The molecule has 0 aliphatic carbocycles. The van der Waals surface area contributed by atoms with E-state index in [1.54, 1.807) is 36.4 Å². The van der Waals surface area contributed by atoms with Crippen molar-refractivity contribution in [3.8, 4) is 0 Å². The van der Waals surface area contributed by atoms with Crippen molar-refractivity contribution < 1.29 is 14.5 Å². The summed E-state index contributed by atoms with van der Waals surface area (Å²) in [6, 6.07) is 19.7. The zero-order valence-electron chi connectivity index (χ0n) is 16.2. The quantitative estimate of drug-likeness (QED) is 0.286. The number of para-hydroxylation sites is 1. The minimum atomic E-state index is -0.511. The number of nitro groups is 1. The van der Waals surface area contributed by atoms with Crippen molar-refractivity contribution in [2.45, 2.75) is 11.8 Å². The topological polar surface area (TPSA) is 80.5 Å². The molecule has 1 heterocycles. The number of non-ortho nitro benzene ring substituents is 1. The van der Waals surface area contributed by atoms with E-state index in [1.165, 1.54) is 24.3 Å². The van der Waals surface area contributed by atoms with E-state index in [9.17, 15) is 19.7 Å². The standard InChI is InChI=1S/C23H15ClN2O4S/c1-14-4-2-3-5-19(14)25-22(27)20(15-6-10-17(11-7-15)26(29)30)21(23(25)28)31-18-12-8-16(24)9-13-18/h2-13H,1H3. The fourth-order valence-electron chi connectivity index (χ4n) is 3.26. The van der Waals surface area contributed by atoms with Crippen LogP contribution in [-0.4, -0.2) is 16.7 Å². The third-order valence-corrected chi connectivity index (χ3v) is 6.14. The molecule has 0 unspecified atom stereocenters. The van der Waals surface area contributed by atoms with Gasteiger partial charge in [0.1, 0.15) is 0 Å². The molecule has 1 aliphatic heterocycles. The highest BCUT2D eigenvalue weighted by atomic mass is 35.5. The first-order chi connectivity index (χ1) is 14.9. The Balaban J connectivity index is 1.83. The lowest BCUT2D eigenvalue weighted by Crippen LogP contribution is -2.31. The van der Waals surface area contributed by atoms with Gasteiger partial charge in [-0.15, -0.1) is 0 Å². The summed E-state index contributed by atoms with van der Waals surface area (Å²) in [7, 11) is 0. The van der Waals surface area contributed by atoms with Gasteiger partial charge in [-0.25, -0.2) is 4.90 Å². The second-order valence-corrected chi connectivity index (χ2v) is 8.32. The number of nitrogens with zero attached hydrogens (tertiary/aromatic N) is 2. The van der Waals surface area contributed by atoms with Gasteiger partial charge in [0, 0.05) is 22.1 Å². The van der Waals surface area contributed by atoms with Crippen LogP contribution in [0.4, 0.5) is 11.4 Å². The van der Waals surface area contributed by atoms with Crippen molar-refractivity contribution in [3.63, 3.8) is 0 Å². The molecule has 154 valence electrons. The van der Waals surface area contributed by atoms with Crippen molar-refractivity contribution in [2.24, 2.45) is 0 Å². The average molecular weight is 451 g/mol. The summed E-state index contributed by atoms with van der Waals surface area (Å²) in [6.07, 6.45) is 0. The molecule has 1 aliphatic rings. The number of halogens is 1. The Hall–Kier alpha value is -3.42. The van der Waals surface area contributed by atoms with Crippen molar-refractivity contribution >= 4 is 52.1 Å². The van der Waals surface area contributed by atoms with Crippen LogP contribution in [-0.2, 0) is 9.59 Å². The lowest BCUT2D eigenvalue weighted by atomic mass is 10.1. The molecule has 0 radical (unpaired) electrons. The molecular weight excluding hydrogens is 436 g/mol. The van der Waals surface area contributed by atoms with Crippen molar-refractivity contribution in [1.82, 2.24) is 0 Å². The molecule has 8 heteroatoms. The summed E-state index contributed by atoms with van der Waals surface area (Å²) in [6.45, 7) is 1.83. The van der Waals surface area contributed by atoms with Gasteiger partial charge in [0.25, 0.3) is 17.5 Å². The number of rotatable bonds is 5. The van der Waals surface area contributed by atoms with Crippen LogP contribution in [0, 0.1) is 17.0 Å². The van der Waals surface area contributed by atoms with E-state index in [4.69, 9.17) is 11.6 Å². The Morgan fingerprint density at radius 1 is 0.903 bits per heavy atom. The smallest absolute Gasteiger partial charge is 0.268 e. The number of amides is 2. The fourth-order valence-corrected chi connectivity index (χ4v) is 4.38. The summed E-state index contributed by atoms with van der Waals surface area (Å²) < 4.78 is 0. The second kappa shape index (κ2) is 8.37. The predicted molar refractivity (Wildman–Crippen MR) is 121 cm³/mol. The van der Waals surface area contributed by atoms with E-state index in [2.05, 4.69) is 0 Å². The van der Waals surface area contributed by atoms with Gasteiger partial charge in [-0.1, -0.05) is 41.6 Å². The molecule has 6 nitrogen and oxygen atoms in total. The molecular formula is C23H15ClN2O4S. The normalized spacial score (nSPS) is 13.8. The van der Waals surface area contributed by atoms with Gasteiger partial charge in [-0.3, -0.25) is 19.7 Å². The summed E-state index contributed by atoms with van der Waals surface area (Å²) in [5, 5.41) is 11.6. The zero-order valence-corrected chi connectivity index (χ0v) is 17.8. The van der Waals surface area contributed by atoms with Crippen molar-refractivity contribution in [1.29, 1.82) is 0 Å². The third kappa shape index (κ3) is 3.97. The van der Waals surface area contributed by atoms with Gasteiger partial charge in [-0.2, -0.15) is 0 Å². The van der Waals surface area contributed by atoms with Crippen LogP contribution in [0.25, 0.3) is 5.57 Å². The van der Waals surface area contributed by atoms with E-state index >= 15 is 0 Å². The Bertz CT molecular complexity index is 1240. The minimum Gasteiger partial charge on any atom is -0.268 e. The maximum absolute atomic E-state index is 13.4. The predicted octanol–water partition coefficient (Wildman–Crippen LogP) is 5.63. The highest BCUT2D eigenvalue weighted by Crippen LogP contribution is 2.42. The highest BCUT2D eigenvalue weighted by Gasteiger charge is 2.41. The molecule has 3 aromatic rings. The molecule has 2 amide bonds. The first-order valence-electron chi connectivity index (χ1n) is 9.24. The Labute approximate surface area is 187 Å². The van der Waals surface area contributed by atoms with Gasteiger partial charge in [0.05, 0.1) is 21.1 Å². The van der Waals surface area contributed by atoms with E-state index in [0.717, 1.165) is 27.1 Å². The lowest BCUT2D eigenvalue weighted by molar-refractivity contribution is -0.384. The molecule has 0 atom stereocenters. The van der Waals surface area contributed by atoms with Gasteiger partial charge in [0.15, 0.2) is 0 Å². The molecule has 0 saturated heterocycles. The molecule has 0 bridgehead atoms. The average Bonchev–Trinajstić information content (AvgIpc) is 3.00. The summed E-state index contributed by atoms with van der Waals surface area (Å²) in [5.41, 5.74) is 1.84. The van der Waals surface area contributed by atoms with Crippen LogP contribution in [0.15, 0.2) is 82.6 Å². The summed E-state index contributed by atoms with van der Waals surface area (Å²) in [5.74, 6) is -0.905. The highest BCUT2D eigenvalue weighted by molar-refractivity contribution is 8.04. The van der Waals surface area contributed by atoms with Crippen molar-refractivity contribution in [3.05, 3.63) is 104 Å². The lowest BCUT2D eigenvalue weighted by Gasteiger charge is -2.17. The molecule has 0 N–H and O–H groups in total. The number of nitro benzene ring substituents is 1. The monoisotopic (exact) mass is 450 g/mol. The van der Waals surface area contributed by atoms with Crippen LogP contribution < -0.4 is 4.90 Å². The van der Waals surface area contributed by atoms with Gasteiger partial charge in [0.2, 0.25) is 0 Å². The number of thioether (sulfide) groups is 1. The first-order valence-corrected chi connectivity index (χ1v) is 10.4. The van der Waals surface area contributed by atoms with Gasteiger partial charge < -0.3 is 0 Å². The summed E-state index contributed by atoms with van der Waals surface area (Å²) >= 11 is 7.12. The molecule has 0 fully saturated rings. The molecule has 0 spiro atoms. The number of carbonyl (C=O) groups excluding carboxylic acids is 2. The number of hydrogen-bond donors (Lipinski definition) is 0. The minimum absolute atomic E-state index is 0.0937. The summed E-state index contributed by atoms with van der Waals surface area (Å²) in [4.78, 5) is 39.5. The number of benzene rings is 3. The van der Waals surface area contributed by atoms with E-state index in [0.29, 0.717) is 16.3 Å². The van der Waals surface area contributed by atoms with E-state index in [-0.39, 0.29) is 16.2 Å². The van der Waals surface area contributed by atoms with Crippen LogP contribution in [0.2, 0.25) is 5.02 Å². The third-order valence-electron chi connectivity index (χ3n) is 4.80. The number of hydrogen-bond acceptors (Lipinski definition) is 5. The number of carbonyl (C=O) groups is 2. The largest absolute Gasteiger partial charge is 0.272 e. The maximum atomic E-state index is 13.4. The van der Waals surface area contributed by atoms with Crippen LogP contribution in [0.3, 0.4) is 0 Å². The second-order valence-electron chi connectivity index (χ2n) is 6.80. The Morgan fingerprint density at radius 2 is 1.55 bits per heavy atom. The van der Waals surface area contributed by atoms with E-state index < -0.39 is 16.7 Å². The molecule has 31 heavy (non-hydrogen) atoms. The zero-order chi connectivity index (χ0) is 22.1.